The number of hydrogen-bond donors (Lipinski definition) is 1. The molecule has 4 nitrogen and oxygen atoms in total. The van der Waals surface area contributed by atoms with Crippen molar-refractivity contribution < 1.29 is 9.47 Å². The van der Waals surface area contributed by atoms with Crippen LogP contribution in [0, 0.1) is 0 Å². The zero-order valence-corrected chi connectivity index (χ0v) is 11.7. The van der Waals surface area contributed by atoms with Crippen LogP contribution in [-0.2, 0) is 6.42 Å². The van der Waals surface area contributed by atoms with Gasteiger partial charge in [-0.15, -0.1) is 0 Å². The maximum absolute atomic E-state index is 5.56. The quantitative estimate of drug-likeness (QED) is 0.926. The minimum Gasteiger partial charge on any atom is -0.493 e. The summed E-state index contributed by atoms with van der Waals surface area (Å²) in [4.78, 5) is 4.28. The lowest BCUT2D eigenvalue weighted by atomic mass is 9.97. The van der Waals surface area contributed by atoms with Gasteiger partial charge >= 0.3 is 0 Å². The lowest BCUT2D eigenvalue weighted by Crippen LogP contribution is -2.19. The second-order valence-corrected chi connectivity index (χ2v) is 4.79. The number of methoxy groups -OCH3 is 1. The van der Waals surface area contributed by atoms with Crippen molar-refractivity contribution in [3.8, 4) is 11.6 Å². The van der Waals surface area contributed by atoms with Gasteiger partial charge in [0.15, 0.2) is 0 Å². The van der Waals surface area contributed by atoms with E-state index in [9.17, 15) is 0 Å². The van der Waals surface area contributed by atoms with E-state index < -0.39 is 0 Å². The Morgan fingerprint density at radius 3 is 3.05 bits per heavy atom. The highest BCUT2D eigenvalue weighted by atomic mass is 16.5. The van der Waals surface area contributed by atoms with Crippen LogP contribution in [0.3, 0.4) is 0 Å². The Kier molecular flexibility index (Phi) is 3.56. The first kappa shape index (κ1) is 12.9. The van der Waals surface area contributed by atoms with Gasteiger partial charge in [-0.1, -0.05) is 18.2 Å². The molecule has 2 heterocycles. The number of rotatable bonds is 4. The van der Waals surface area contributed by atoms with Gasteiger partial charge in [0.05, 0.1) is 19.8 Å². The molecule has 4 heteroatoms. The highest BCUT2D eigenvalue weighted by Crippen LogP contribution is 2.32. The Balaban J connectivity index is 2.01. The van der Waals surface area contributed by atoms with Crippen molar-refractivity contribution in [1.29, 1.82) is 0 Å². The van der Waals surface area contributed by atoms with Crippen molar-refractivity contribution in [2.45, 2.75) is 12.5 Å². The molecule has 1 aromatic carbocycles. The fourth-order valence-electron chi connectivity index (χ4n) is 2.68. The van der Waals surface area contributed by atoms with Crippen molar-refractivity contribution in [3.63, 3.8) is 0 Å². The van der Waals surface area contributed by atoms with Crippen LogP contribution in [-0.4, -0.2) is 25.7 Å². The number of nitrogens with zero attached hydrogens (tertiary/aromatic N) is 1. The number of pyridine rings is 1. The molecular weight excluding hydrogens is 252 g/mol. The van der Waals surface area contributed by atoms with Crippen LogP contribution in [0.15, 0.2) is 36.5 Å². The standard InChI is InChI=1S/C16H18N2O2/c1-17-15(13-4-3-8-18-16(13)19-2)12-5-6-14-11(10-12)7-9-20-14/h3-6,8,10,15,17H,7,9H2,1-2H3. The predicted molar refractivity (Wildman–Crippen MR) is 77.3 cm³/mol. The lowest BCUT2D eigenvalue weighted by Gasteiger charge is -2.19. The first-order valence-electron chi connectivity index (χ1n) is 6.75. The third kappa shape index (κ3) is 2.23. The van der Waals surface area contributed by atoms with Crippen molar-refractivity contribution in [2.75, 3.05) is 20.8 Å². The maximum atomic E-state index is 5.56. The number of hydrogen-bond acceptors (Lipinski definition) is 4. The molecule has 0 aliphatic carbocycles. The predicted octanol–water partition coefficient (Wildman–Crippen LogP) is 2.33. The number of nitrogens with one attached hydrogen (secondary N) is 1. The molecule has 2 aromatic rings. The summed E-state index contributed by atoms with van der Waals surface area (Å²) < 4.78 is 10.9. The monoisotopic (exact) mass is 270 g/mol. The average Bonchev–Trinajstić information content (AvgIpc) is 2.96. The molecule has 0 spiro atoms. The van der Waals surface area contributed by atoms with E-state index in [4.69, 9.17) is 9.47 Å². The molecule has 0 radical (unpaired) electrons. The normalized spacial score (nSPS) is 14.5. The van der Waals surface area contributed by atoms with Crippen LogP contribution in [0.4, 0.5) is 0 Å². The summed E-state index contributed by atoms with van der Waals surface area (Å²) in [5.74, 6) is 1.66. The van der Waals surface area contributed by atoms with Gasteiger partial charge < -0.3 is 14.8 Å². The summed E-state index contributed by atoms with van der Waals surface area (Å²) >= 11 is 0. The van der Waals surface area contributed by atoms with Crippen LogP contribution >= 0.6 is 0 Å². The van der Waals surface area contributed by atoms with Crippen LogP contribution in [0.25, 0.3) is 0 Å². The van der Waals surface area contributed by atoms with E-state index in [2.05, 4.69) is 22.4 Å². The van der Waals surface area contributed by atoms with E-state index >= 15 is 0 Å². The molecular formula is C16H18N2O2. The Morgan fingerprint density at radius 1 is 1.35 bits per heavy atom. The molecule has 1 atom stereocenters. The van der Waals surface area contributed by atoms with E-state index in [1.807, 2.05) is 25.2 Å². The summed E-state index contributed by atoms with van der Waals surface area (Å²) in [5.41, 5.74) is 3.50. The fraction of sp³-hybridized carbons (Fsp3) is 0.312. The van der Waals surface area contributed by atoms with Crippen molar-refractivity contribution in [3.05, 3.63) is 53.2 Å². The molecule has 0 saturated carbocycles. The highest BCUT2D eigenvalue weighted by molar-refractivity contribution is 5.44. The van der Waals surface area contributed by atoms with Crippen molar-refractivity contribution >= 4 is 0 Å². The minimum atomic E-state index is 0.0598. The van der Waals surface area contributed by atoms with Gasteiger partial charge in [-0.2, -0.15) is 0 Å². The third-order valence-corrected chi connectivity index (χ3v) is 3.64. The summed E-state index contributed by atoms with van der Waals surface area (Å²) in [7, 11) is 3.59. The Hall–Kier alpha value is -2.07. The van der Waals surface area contributed by atoms with Gasteiger partial charge in [-0.3, -0.25) is 0 Å². The number of benzene rings is 1. The van der Waals surface area contributed by atoms with E-state index in [0.29, 0.717) is 5.88 Å². The molecule has 20 heavy (non-hydrogen) atoms. The van der Waals surface area contributed by atoms with E-state index in [0.717, 1.165) is 24.3 Å². The van der Waals surface area contributed by atoms with E-state index in [1.165, 1.54) is 11.1 Å². The van der Waals surface area contributed by atoms with Gasteiger partial charge in [0.25, 0.3) is 0 Å². The van der Waals surface area contributed by atoms with Gasteiger partial charge in [-0.05, 0) is 30.3 Å². The maximum Gasteiger partial charge on any atom is 0.218 e. The minimum absolute atomic E-state index is 0.0598. The van der Waals surface area contributed by atoms with Crippen LogP contribution in [0.1, 0.15) is 22.7 Å². The summed E-state index contributed by atoms with van der Waals surface area (Å²) in [6, 6.07) is 10.4. The smallest absolute Gasteiger partial charge is 0.218 e. The molecule has 1 aliphatic heterocycles. The lowest BCUT2D eigenvalue weighted by molar-refractivity contribution is 0.356. The topological polar surface area (TPSA) is 43.4 Å². The number of fused-ring (bicyclic) bond motifs is 1. The van der Waals surface area contributed by atoms with Gasteiger partial charge in [0, 0.05) is 18.2 Å². The molecule has 0 fully saturated rings. The molecule has 0 bridgehead atoms. The third-order valence-electron chi connectivity index (χ3n) is 3.64. The Bertz CT molecular complexity index is 613. The van der Waals surface area contributed by atoms with E-state index in [1.54, 1.807) is 13.3 Å². The first-order chi connectivity index (χ1) is 9.83. The SMILES string of the molecule is CNC(c1ccc2c(c1)CCO2)c1cccnc1OC. The van der Waals surface area contributed by atoms with Crippen LogP contribution in [0.2, 0.25) is 0 Å². The average molecular weight is 270 g/mol. The summed E-state index contributed by atoms with van der Waals surface area (Å²) in [6.07, 6.45) is 2.72. The largest absolute Gasteiger partial charge is 0.493 e. The molecule has 0 saturated heterocycles. The second kappa shape index (κ2) is 5.51. The molecule has 3 rings (SSSR count). The van der Waals surface area contributed by atoms with Crippen LogP contribution < -0.4 is 14.8 Å². The number of ether oxygens (including phenoxy) is 2. The zero-order chi connectivity index (χ0) is 13.9. The molecule has 1 unspecified atom stereocenters. The highest BCUT2D eigenvalue weighted by Gasteiger charge is 2.20. The van der Waals surface area contributed by atoms with Gasteiger partial charge in [0.1, 0.15) is 5.75 Å². The number of aromatic nitrogens is 1. The summed E-state index contributed by atoms with van der Waals surface area (Å²) in [5, 5.41) is 3.34. The van der Waals surface area contributed by atoms with Gasteiger partial charge in [-0.25, -0.2) is 4.98 Å². The summed E-state index contributed by atoms with van der Waals surface area (Å²) in [6.45, 7) is 0.777. The Labute approximate surface area is 118 Å². The second-order valence-electron chi connectivity index (χ2n) is 4.79. The molecule has 1 aromatic heterocycles. The molecule has 104 valence electrons. The van der Waals surface area contributed by atoms with E-state index in [-0.39, 0.29) is 6.04 Å². The van der Waals surface area contributed by atoms with Crippen LogP contribution in [0.5, 0.6) is 11.6 Å². The van der Waals surface area contributed by atoms with Crippen molar-refractivity contribution in [2.24, 2.45) is 0 Å². The Morgan fingerprint density at radius 2 is 2.25 bits per heavy atom. The molecule has 0 amide bonds. The van der Waals surface area contributed by atoms with Crippen molar-refractivity contribution in [1.82, 2.24) is 10.3 Å². The molecule has 1 aliphatic rings. The van der Waals surface area contributed by atoms with Gasteiger partial charge in [0.2, 0.25) is 5.88 Å². The fourth-order valence-corrected chi connectivity index (χ4v) is 2.68. The zero-order valence-electron chi connectivity index (χ0n) is 11.7. The molecule has 1 N–H and O–H groups in total. The first-order valence-corrected chi connectivity index (χ1v) is 6.75.